The van der Waals surface area contributed by atoms with E-state index in [1.165, 1.54) is 25.3 Å². The first-order chi connectivity index (χ1) is 15.3. The van der Waals surface area contributed by atoms with Gasteiger partial charge in [0, 0.05) is 0 Å². The standard InChI is InChI=1S/C24H25ClN2O4S/c1-17(19-11-7-4-8-12-19)26-24(28)22(15-18-9-5-3-6-10-18)27-32(29,30)20-13-14-23(31-2)21(25)16-20/h3-14,16-17,22,27H,15H2,1-2H3,(H,26,28)/t17-,22-/m1/s1. The normalized spacial score (nSPS) is 13.2. The monoisotopic (exact) mass is 472 g/mol. The molecule has 0 saturated carbocycles. The predicted octanol–water partition coefficient (Wildman–Crippen LogP) is 4.12. The van der Waals surface area contributed by atoms with Gasteiger partial charge in [0.25, 0.3) is 0 Å². The average molecular weight is 473 g/mol. The molecule has 2 atom stereocenters. The minimum atomic E-state index is -4.02. The molecule has 3 aromatic carbocycles. The SMILES string of the molecule is COc1ccc(S(=O)(=O)N[C@H](Cc2ccccc2)C(=O)N[C@H](C)c2ccccc2)cc1Cl. The third-order valence-electron chi connectivity index (χ3n) is 4.99. The quantitative estimate of drug-likeness (QED) is 0.490. The van der Waals surface area contributed by atoms with E-state index >= 15 is 0 Å². The van der Waals surface area contributed by atoms with Gasteiger partial charge in [0.1, 0.15) is 11.8 Å². The molecule has 0 unspecified atom stereocenters. The highest BCUT2D eigenvalue weighted by molar-refractivity contribution is 7.89. The molecule has 32 heavy (non-hydrogen) atoms. The van der Waals surface area contributed by atoms with Gasteiger partial charge >= 0.3 is 0 Å². The summed E-state index contributed by atoms with van der Waals surface area (Å²) in [5.74, 6) is -0.0609. The fraction of sp³-hybridized carbons (Fsp3) is 0.208. The van der Waals surface area contributed by atoms with Crippen molar-refractivity contribution in [1.82, 2.24) is 10.0 Å². The minimum absolute atomic E-state index is 0.0507. The van der Waals surface area contributed by atoms with Crippen molar-refractivity contribution in [2.75, 3.05) is 7.11 Å². The Morgan fingerprint density at radius 3 is 2.22 bits per heavy atom. The van der Waals surface area contributed by atoms with Gasteiger partial charge in [-0.15, -0.1) is 0 Å². The van der Waals surface area contributed by atoms with Crippen LogP contribution in [-0.4, -0.2) is 27.5 Å². The lowest BCUT2D eigenvalue weighted by atomic mass is 10.0. The van der Waals surface area contributed by atoms with Gasteiger partial charge in [-0.25, -0.2) is 8.42 Å². The first-order valence-electron chi connectivity index (χ1n) is 10.1. The summed E-state index contributed by atoms with van der Waals surface area (Å²) in [5.41, 5.74) is 1.75. The summed E-state index contributed by atoms with van der Waals surface area (Å²) < 4.78 is 33.7. The molecule has 0 bridgehead atoms. The molecule has 0 aliphatic rings. The fourth-order valence-electron chi connectivity index (χ4n) is 3.25. The van der Waals surface area contributed by atoms with Gasteiger partial charge in [-0.05, 0) is 42.7 Å². The van der Waals surface area contributed by atoms with Crippen LogP contribution in [0.25, 0.3) is 0 Å². The van der Waals surface area contributed by atoms with Crippen molar-refractivity contribution < 1.29 is 17.9 Å². The number of benzene rings is 3. The van der Waals surface area contributed by atoms with Crippen LogP contribution in [0.4, 0.5) is 0 Å². The van der Waals surface area contributed by atoms with Gasteiger partial charge in [0.15, 0.2) is 0 Å². The van der Waals surface area contributed by atoms with Crippen LogP contribution in [0.15, 0.2) is 83.8 Å². The maximum atomic E-state index is 13.1. The first kappa shape index (κ1) is 23.8. The molecule has 3 aromatic rings. The van der Waals surface area contributed by atoms with Gasteiger partial charge in [0.2, 0.25) is 15.9 Å². The van der Waals surface area contributed by atoms with Crippen molar-refractivity contribution in [1.29, 1.82) is 0 Å². The molecule has 1 amide bonds. The zero-order valence-electron chi connectivity index (χ0n) is 17.8. The molecule has 3 rings (SSSR count). The summed E-state index contributed by atoms with van der Waals surface area (Å²) >= 11 is 6.10. The Hall–Kier alpha value is -2.87. The van der Waals surface area contributed by atoms with Crippen LogP contribution in [0.2, 0.25) is 5.02 Å². The summed E-state index contributed by atoms with van der Waals surface area (Å²) in [4.78, 5) is 13.1. The van der Waals surface area contributed by atoms with Gasteiger partial charge in [-0.2, -0.15) is 4.72 Å². The maximum Gasteiger partial charge on any atom is 0.241 e. The Labute approximate surface area is 193 Å². The van der Waals surface area contributed by atoms with E-state index in [1.54, 1.807) is 0 Å². The topological polar surface area (TPSA) is 84.5 Å². The molecule has 0 aliphatic heterocycles. The number of sulfonamides is 1. The highest BCUT2D eigenvalue weighted by atomic mass is 35.5. The number of methoxy groups -OCH3 is 1. The molecule has 0 heterocycles. The van der Waals surface area contributed by atoms with Crippen molar-refractivity contribution in [2.24, 2.45) is 0 Å². The Morgan fingerprint density at radius 1 is 1.00 bits per heavy atom. The zero-order chi connectivity index (χ0) is 23.1. The first-order valence-corrected chi connectivity index (χ1v) is 11.9. The molecule has 6 nitrogen and oxygen atoms in total. The molecule has 0 aliphatic carbocycles. The van der Waals surface area contributed by atoms with Crippen molar-refractivity contribution in [3.05, 3.63) is 95.0 Å². The average Bonchev–Trinajstić information content (AvgIpc) is 2.79. The largest absolute Gasteiger partial charge is 0.495 e. The summed E-state index contributed by atoms with van der Waals surface area (Å²) in [5, 5.41) is 3.07. The third kappa shape index (κ3) is 6.09. The number of halogens is 1. The molecule has 168 valence electrons. The Balaban J connectivity index is 1.85. The molecule has 2 N–H and O–H groups in total. The lowest BCUT2D eigenvalue weighted by Gasteiger charge is -2.22. The van der Waals surface area contributed by atoms with E-state index in [4.69, 9.17) is 16.3 Å². The Morgan fingerprint density at radius 2 is 1.62 bits per heavy atom. The van der Waals surface area contributed by atoms with Gasteiger partial charge in [-0.1, -0.05) is 72.3 Å². The second kappa shape index (κ2) is 10.6. The zero-order valence-corrected chi connectivity index (χ0v) is 19.4. The number of hydrogen-bond acceptors (Lipinski definition) is 4. The Bertz CT molecular complexity index is 1160. The fourth-order valence-corrected chi connectivity index (χ4v) is 4.79. The third-order valence-corrected chi connectivity index (χ3v) is 6.75. The number of carbonyl (C=O) groups excluding carboxylic acids is 1. The summed E-state index contributed by atoms with van der Waals surface area (Å²) in [7, 11) is -2.58. The molecular formula is C24H25ClN2O4S. The van der Waals surface area contributed by atoms with E-state index in [0.717, 1.165) is 11.1 Å². The molecule has 0 radical (unpaired) electrons. The van der Waals surface area contributed by atoms with Crippen molar-refractivity contribution in [3.8, 4) is 5.75 Å². The molecule has 0 aromatic heterocycles. The second-order valence-electron chi connectivity index (χ2n) is 7.30. The van der Waals surface area contributed by atoms with E-state index in [-0.39, 0.29) is 22.4 Å². The van der Waals surface area contributed by atoms with E-state index in [2.05, 4.69) is 10.0 Å². The van der Waals surface area contributed by atoms with Gasteiger partial charge < -0.3 is 10.1 Å². The number of rotatable bonds is 9. The number of hydrogen-bond donors (Lipinski definition) is 2. The summed E-state index contributed by atoms with van der Waals surface area (Å²) in [6.07, 6.45) is 0.192. The Kier molecular flexibility index (Phi) is 7.90. The molecule has 8 heteroatoms. The van der Waals surface area contributed by atoms with Crippen LogP contribution in [-0.2, 0) is 21.2 Å². The van der Waals surface area contributed by atoms with E-state index in [1.807, 2.05) is 67.6 Å². The van der Waals surface area contributed by atoms with Crippen LogP contribution < -0.4 is 14.8 Å². The van der Waals surface area contributed by atoms with Crippen molar-refractivity contribution in [3.63, 3.8) is 0 Å². The van der Waals surface area contributed by atoms with E-state index < -0.39 is 22.0 Å². The van der Waals surface area contributed by atoms with Crippen LogP contribution in [0.5, 0.6) is 5.75 Å². The molecule has 0 saturated heterocycles. The second-order valence-corrected chi connectivity index (χ2v) is 9.42. The highest BCUT2D eigenvalue weighted by Crippen LogP contribution is 2.27. The predicted molar refractivity (Wildman–Crippen MR) is 125 cm³/mol. The molecule has 0 fully saturated rings. The highest BCUT2D eigenvalue weighted by Gasteiger charge is 2.27. The number of carbonyl (C=O) groups is 1. The molecular weight excluding hydrogens is 448 g/mol. The van der Waals surface area contributed by atoms with Gasteiger partial charge in [-0.3, -0.25) is 4.79 Å². The van der Waals surface area contributed by atoms with Crippen LogP contribution >= 0.6 is 11.6 Å². The van der Waals surface area contributed by atoms with Crippen molar-refractivity contribution in [2.45, 2.75) is 30.3 Å². The lowest BCUT2D eigenvalue weighted by molar-refractivity contribution is -0.123. The number of ether oxygens (including phenoxy) is 1. The maximum absolute atomic E-state index is 13.1. The van der Waals surface area contributed by atoms with E-state index in [9.17, 15) is 13.2 Å². The van der Waals surface area contributed by atoms with Crippen LogP contribution in [0.3, 0.4) is 0 Å². The van der Waals surface area contributed by atoms with Crippen LogP contribution in [0, 0.1) is 0 Å². The van der Waals surface area contributed by atoms with Gasteiger partial charge in [0.05, 0.1) is 23.1 Å². The summed E-state index contributed by atoms with van der Waals surface area (Å²) in [6.45, 7) is 1.85. The lowest BCUT2D eigenvalue weighted by Crippen LogP contribution is -2.48. The summed E-state index contributed by atoms with van der Waals surface area (Å²) in [6, 6.07) is 21.6. The minimum Gasteiger partial charge on any atom is -0.495 e. The number of nitrogens with one attached hydrogen (secondary N) is 2. The smallest absolute Gasteiger partial charge is 0.241 e. The van der Waals surface area contributed by atoms with Crippen molar-refractivity contribution >= 4 is 27.5 Å². The number of amides is 1. The van der Waals surface area contributed by atoms with E-state index in [0.29, 0.717) is 5.75 Å². The molecule has 0 spiro atoms. The van der Waals surface area contributed by atoms with Crippen LogP contribution in [0.1, 0.15) is 24.1 Å².